The van der Waals surface area contributed by atoms with Crippen LogP contribution in [0.5, 0.6) is 0 Å². The summed E-state index contributed by atoms with van der Waals surface area (Å²) in [5, 5.41) is 10.2. The molecule has 2 saturated carbocycles. The number of allylic oxidation sites excluding steroid dienone is 6. The van der Waals surface area contributed by atoms with Gasteiger partial charge in [-0.2, -0.15) is 0 Å². The van der Waals surface area contributed by atoms with Crippen LogP contribution in [0.25, 0.3) is 0 Å². The summed E-state index contributed by atoms with van der Waals surface area (Å²) in [5.74, 6) is 4.17. The Morgan fingerprint density at radius 2 is 1.79 bits per heavy atom. The predicted molar refractivity (Wildman–Crippen MR) is 123 cm³/mol. The van der Waals surface area contributed by atoms with E-state index < -0.39 is 0 Å². The van der Waals surface area contributed by atoms with Gasteiger partial charge in [0.05, 0.1) is 6.10 Å². The highest BCUT2D eigenvalue weighted by atomic mass is 16.3. The zero-order chi connectivity index (χ0) is 21.0. The average molecular weight is 397 g/mol. The summed E-state index contributed by atoms with van der Waals surface area (Å²) >= 11 is 0. The summed E-state index contributed by atoms with van der Waals surface area (Å²) in [4.78, 5) is 0. The van der Waals surface area contributed by atoms with Gasteiger partial charge in [-0.25, -0.2) is 0 Å². The zero-order valence-corrected chi connectivity index (χ0v) is 19.7. The van der Waals surface area contributed by atoms with Crippen LogP contribution >= 0.6 is 0 Å². The molecule has 0 amide bonds. The van der Waals surface area contributed by atoms with Crippen molar-refractivity contribution in [1.29, 1.82) is 0 Å². The van der Waals surface area contributed by atoms with Crippen molar-refractivity contribution in [2.24, 2.45) is 46.3 Å². The van der Waals surface area contributed by atoms with Gasteiger partial charge in [0, 0.05) is 0 Å². The molecule has 0 aromatic carbocycles. The van der Waals surface area contributed by atoms with Gasteiger partial charge in [0.1, 0.15) is 0 Å². The van der Waals surface area contributed by atoms with Crippen LogP contribution in [0.1, 0.15) is 86.5 Å². The van der Waals surface area contributed by atoms with Gasteiger partial charge in [0.25, 0.3) is 0 Å². The second-order valence-corrected chi connectivity index (χ2v) is 11.8. The monoisotopic (exact) mass is 396 g/mol. The maximum absolute atomic E-state index is 10.2. The lowest BCUT2D eigenvalue weighted by molar-refractivity contribution is 0.0443. The van der Waals surface area contributed by atoms with Crippen LogP contribution in [0.2, 0.25) is 0 Å². The molecule has 29 heavy (non-hydrogen) atoms. The van der Waals surface area contributed by atoms with Crippen LogP contribution < -0.4 is 0 Å². The van der Waals surface area contributed by atoms with Gasteiger partial charge in [0.15, 0.2) is 0 Å². The van der Waals surface area contributed by atoms with E-state index in [-0.39, 0.29) is 6.10 Å². The Hall–Kier alpha value is -0.820. The van der Waals surface area contributed by atoms with Gasteiger partial charge in [-0.05, 0) is 96.9 Å². The molecule has 0 saturated heterocycles. The van der Waals surface area contributed by atoms with E-state index in [9.17, 15) is 5.11 Å². The third-order valence-corrected chi connectivity index (χ3v) is 9.99. The lowest BCUT2D eigenvalue weighted by Gasteiger charge is -2.53. The van der Waals surface area contributed by atoms with Crippen molar-refractivity contribution in [1.82, 2.24) is 0 Å². The van der Waals surface area contributed by atoms with Gasteiger partial charge >= 0.3 is 0 Å². The fourth-order valence-electron chi connectivity index (χ4n) is 7.49. The van der Waals surface area contributed by atoms with Crippen molar-refractivity contribution >= 4 is 0 Å². The van der Waals surface area contributed by atoms with E-state index in [0.717, 1.165) is 30.6 Å². The molecule has 0 aromatic heterocycles. The maximum Gasteiger partial charge on any atom is 0.0546 e. The van der Waals surface area contributed by atoms with E-state index >= 15 is 0 Å². The highest BCUT2D eigenvalue weighted by Crippen LogP contribution is 2.64. The maximum atomic E-state index is 10.2. The first-order valence-corrected chi connectivity index (χ1v) is 12.4. The van der Waals surface area contributed by atoms with E-state index in [4.69, 9.17) is 0 Å². The first-order chi connectivity index (χ1) is 13.7. The SMILES string of the molecule is CC(C)[C@@H](C)C=C[C@@H](C)[C@H]1CC[C@H]2C3=C(CC[C@]12C)[C@@]1(C)CC[C@H](O)CC1C=C3. The number of aliphatic hydroxyl groups is 1. The van der Waals surface area contributed by atoms with Crippen LogP contribution in [-0.4, -0.2) is 11.2 Å². The van der Waals surface area contributed by atoms with Crippen molar-refractivity contribution in [2.45, 2.75) is 92.6 Å². The van der Waals surface area contributed by atoms with E-state index in [1.54, 1.807) is 11.1 Å². The van der Waals surface area contributed by atoms with Gasteiger partial charge in [-0.15, -0.1) is 0 Å². The molecule has 1 unspecified atom stereocenters. The predicted octanol–water partition coefficient (Wildman–Crippen LogP) is 7.33. The average Bonchev–Trinajstić information content (AvgIpc) is 3.03. The largest absolute Gasteiger partial charge is 0.393 e. The third-order valence-electron chi connectivity index (χ3n) is 9.99. The van der Waals surface area contributed by atoms with Gasteiger partial charge < -0.3 is 5.11 Å². The lowest BCUT2D eigenvalue weighted by atomic mass is 9.52. The molecule has 162 valence electrons. The number of hydrogen-bond donors (Lipinski definition) is 1. The Labute approximate surface area is 179 Å². The van der Waals surface area contributed by atoms with E-state index in [1.807, 2.05) is 0 Å². The highest BCUT2D eigenvalue weighted by Gasteiger charge is 2.54. The summed E-state index contributed by atoms with van der Waals surface area (Å²) in [7, 11) is 0. The van der Waals surface area contributed by atoms with Crippen molar-refractivity contribution < 1.29 is 5.11 Å². The molecule has 0 radical (unpaired) electrons. The standard InChI is InChI=1S/C28H44O/c1-18(2)19(3)7-8-20(4)24-11-12-25-23-10-9-21-17-22(29)13-15-27(21,5)26(23)14-16-28(24,25)6/h7-10,18-22,24-25,29H,11-17H2,1-6H3/t19-,20+,21?,22-,24+,25-,27-,28+/m0/s1. The minimum Gasteiger partial charge on any atom is -0.393 e. The molecule has 0 aromatic rings. The molecule has 4 aliphatic carbocycles. The smallest absolute Gasteiger partial charge is 0.0546 e. The third kappa shape index (κ3) is 3.50. The summed E-state index contributed by atoms with van der Waals surface area (Å²) in [6, 6.07) is 0. The Balaban J connectivity index is 1.57. The number of rotatable bonds is 4. The second kappa shape index (κ2) is 7.70. The summed E-state index contributed by atoms with van der Waals surface area (Å²) in [6.07, 6.45) is 18.4. The van der Waals surface area contributed by atoms with Gasteiger partial charge in [-0.3, -0.25) is 0 Å². The van der Waals surface area contributed by atoms with Gasteiger partial charge in [-0.1, -0.05) is 71.4 Å². The molecular weight excluding hydrogens is 352 g/mol. The first kappa shape index (κ1) is 21.4. The Bertz CT molecular complexity index is 712. The fraction of sp³-hybridized carbons (Fsp3) is 0.786. The first-order valence-electron chi connectivity index (χ1n) is 12.4. The van der Waals surface area contributed by atoms with E-state index in [1.165, 1.54) is 32.1 Å². The number of hydrogen-bond acceptors (Lipinski definition) is 1. The molecule has 1 N–H and O–H groups in total. The molecule has 8 atom stereocenters. The van der Waals surface area contributed by atoms with Crippen LogP contribution in [-0.2, 0) is 0 Å². The molecule has 0 heterocycles. The van der Waals surface area contributed by atoms with Gasteiger partial charge in [0.2, 0.25) is 0 Å². The van der Waals surface area contributed by atoms with Crippen molar-refractivity contribution in [2.75, 3.05) is 0 Å². The van der Waals surface area contributed by atoms with Crippen molar-refractivity contribution in [3.8, 4) is 0 Å². The molecule has 0 spiro atoms. The lowest BCUT2D eigenvalue weighted by Crippen LogP contribution is -2.44. The van der Waals surface area contributed by atoms with Crippen LogP contribution in [0, 0.1) is 46.3 Å². The molecule has 1 nitrogen and oxygen atoms in total. The molecule has 0 bridgehead atoms. The number of aliphatic hydroxyl groups excluding tert-OH is 1. The van der Waals surface area contributed by atoms with E-state index in [2.05, 4.69) is 65.8 Å². The molecular formula is C28H44O. The van der Waals surface area contributed by atoms with Crippen LogP contribution in [0.3, 0.4) is 0 Å². The summed E-state index contributed by atoms with van der Waals surface area (Å²) < 4.78 is 0. The summed E-state index contributed by atoms with van der Waals surface area (Å²) in [6.45, 7) is 14.6. The van der Waals surface area contributed by atoms with Crippen LogP contribution in [0.15, 0.2) is 35.5 Å². The van der Waals surface area contributed by atoms with E-state index in [0.29, 0.717) is 28.6 Å². The minimum atomic E-state index is -0.0922. The second-order valence-electron chi connectivity index (χ2n) is 11.8. The highest BCUT2D eigenvalue weighted by molar-refractivity contribution is 5.42. The number of fused-ring (bicyclic) bond motifs is 4. The molecule has 1 heteroatoms. The zero-order valence-electron chi connectivity index (χ0n) is 19.7. The van der Waals surface area contributed by atoms with Crippen LogP contribution in [0.4, 0.5) is 0 Å². The molecule has 0 aliphatic heterocycles. The molecule has 4 aliphatic rings. The molecule has 2 fully saturated rings. The molecule has 4 rings (SSSR count). The quantitative estimate of drug-likeness (QED) is 0.493. The Kier molecular flexibility index (Phi) is 5.69. The minimum absolute atomic E-state index is 0.0922. The van der Waals surface area contributed by atoms with Crippen molar-refractivity contribution in [3.05, 3.63) is 35.5 Å². The Morgan fingerprint density at radius 1 is 1.03 bits per heavy atom. The normalized spacial score (nSPS) is 44.0. The summed E-state index contributed by atoms with van der Waals surface area (Å²) in [5.41, 5.74) is 4.24. The topological polar surface area (TPSA) is 20.2 Å². The van der Waals surface area contributed by atoms with Crippen molar-refractivity contribution in [3.63, 3.8) is 0 Å². The fourth-order valence-corrected chi connectivity index (χ4v) is 7.49. The Morgan fingerprint density at radius 3 is 2.52 bits per heavy atom.